The Labute approximate surface area is 111 Å². The lowest BCUT2D eigenvalue weighted by molar-refractivity contribution is 0.437. The van der Waals surface area contributed by atoms with Crippen LogP contribution in [0.15, 0.2) is 24.3 Å². The van der Waals surface area contributed by atoms with Crippen molar-refractivity contribution in [1.82, 2.24) is 0 Å². The maximum absolute atomic E-state index is 5.87. The molecule has 1 rings (SSSR count). The number of aryl methyl sites for hydroxylation is 1. The van der Waals surface area contributed by atoms with Crippen molar-refractivity contribution >= 4 is 11.6 Å². The van der Waals surface area contributed by atoms with Crippen LogP contribution in [0.25, 0.3) is 0 Å². The van der Waals surface area contributed by atoms with Crippen LogP contribution in [0.2, 0.25) is 5.02 Å². The summed E-state index contributed by atoms with van der Waals surface area (Å²) in [6, 6.07) is 8.26. The summed E-state index contributed by atoms with van der Waals surface area (Å²) in [6.07, 6.45) is 6.58. The van der Waals surface area contributed by atoms with Crippen LogP contribution >= 0.6 is 11.6 Å². The Balaban J connectivity index is 2.19. The second-order valence-corrected chi connectivity index (χ2v) is 6.03. The zero-order chi connectivity index (χ0) is 12.7. The standard InChI is InChI=1S/C16H25Cl/c1-13(2)5-4-6-14(3)7-8-15-9-11-16(17)12-10-15/h9-14H,4-8H2,1-3H3. The van der Waals surface area contributed by atoms with E-state index in [4.69, 9.17) is 11.6 Å². The quantitative estimate of drug-likeness (QED) is 0.581. The number of rotatable bonds is 7. The highest BCUT2D eigenvalue weighted by Gasteiger charge is 2.04. The molecule has 1 unspecified atom stereocenters. The van der Waals surface area contributed by atoms with Crippen LogP contribution in [-0.2, 0) is 6.42 Å². The van der Waals surface area contributed by atoms with Crippen molar-refractivity contribution in [1.29, 1.82) is 0 Å². The van der Waals surface area contributed by atoms with Crippen LogP contribution in [0.5, 0.6) is 0 Å². The van der Waals surface area contributed by atoms with Gasteiger partial charge in [-0.05, 0) is 42.4 Å². The third kappa shape index (κ3) is 6.73. The van der Waals surface area contributed by atoms with E-state index in [-0.39, 0.29) is 0 Å². The van der Waals surface area contributed by atoms with E-state index in [1.807, 2.05) is 12.1 Å². The Hall–Kier alpha value is -0.490. The van der Waals surface area contributed by atoms with Gasteiger partial charge in [0.05, 0.1) is 0 Å². The fraction of sp³-hybridized carbons (Fsp3) is 0.625. The van der Waals surface area contributed by atoms with Gasteiger partial charge in [0, 0.05) is 5.02 Å². The Morgan fingerprint density at radius 1 is 0.941 bits per heavy atom. The summed E-state index contributed by atoms with van der Waals surface area (Å²) in [6.45, 7) is 6.98. The minimum Gasteiger partial charge on any atom is -0.0843 e. The Morgan fingerprint density at radius 3 is 2.18 bits per heavy atom. The number of hydrogen-bond donors (Lipinski definition) is 0. The van der Waals surface area contributed by atoms with Crippen LogP contribution in [0.1, 0.15) is 52.0 Å². The van der Waals surface area contributed by atoms with Crippen molar-refractivity contribution in [2.75, 3.05) is 0 Å². The van der Waals surface area contributed by atoms with Crippen molar-refractivity contribution in [3.8, 4) is 0 Å². The predicted molar refractivity (Wildman–Crippen MR) is 77.6 cm³/mol. The summed E-state index contributed by atoms with van der Waals surface area (Å²) in [5.74, 6) is 1.68. The molecule has 17 heavy (non-hydrogen) atoms. The molecule has 0 radical (unpaired) electrons. The third-order valence-electron chi connectivity index (χ3n) is 3.32. The van der Waals surface area contributed by atoms with Gasteiger partial charge in [0.15, 0.2) is 0 Å². The molecule has 1 aromatic carbocycles. The number of hydrogen-bond acceptors (Lipinski definition) is 0. The largest absolute Gasteiger partial charge is 0.0843 e. The average Bonchev–Trinajstić information content (AvgIpc) is 2.28. The molecular formula is C16H25Cl. The molecule has 0 aliphatic carbocycles. The van der Waals surface area contributed by atoms with Crippen LogP contribution in [0.4, 0.5) is 0 Å². The molecule has 0 N–H and O–H groups in total. The first-order valence-corrected chi connectivity index (χ1v) is 7.20. The van der Waals surface area contributed by atoms with Crippen molar-refractivity contribution in [2.24, 2.45) is 11.8 Å². The molecule has 0 fully saturated rings. The highest BCUT2D eigenvalue weighted by molar-refractivity contribution is 6.30. The molecule has 1 atom stereocenters. The van der Waals surface area contributed by atoms with Gasteiger partial charge in [0.1, 0.15) is 0 Å². The summed E-state index contributed by atoms with van der Waals surface area (Å²) in [5, 5.41) is 0.832. The van der Waals surface area contributed by atoms with E-state index in [9.17, 15) is 0 Å². The molecule has 96 valence electrons. The molecular weight excluding hydrogens is 228 g/mol. The van der Waals surface area contributed by atoms with Gasteiger partial charge in [-0.2, -0.15) is 0 Å². The van der Waals surface area contributed by atoms with Gasteiger partial charge >= 0.3 is 0 Å². The second kappa shape index (κ2) is 7.76. The van der Waals surface area contributed by atoms with Gasteiger partial charge in [-0.3, -0.25) is 0 Å². The van der Waals surface area contributed by atoms with E-state index < -0.39 is 0 Å². The SMILES string of the molecule is CC(C)CCCC(C)CCc1ccc(Cl)cc1. The highest BCUT2D eigenvalue weighted by Crippen LogP contribution is 2.18. The molecule has 1 heteroatoms. The minimum atomic E-state index is 0.832. The summed E-state index contributed by atoms with van der Waals surface area (Å²) < 4.78 is 0. The summed E-state index contributed by atoms with van der Waals surface area (Å²) in [4.78, 5) is 0. The molecule has 0 bridgehead atoms. The molecule has 0 amide bonds. The maximum Gasteiger partial charge on any atom is 0.0406 e. The lowest BCUT2D eigenvalue weighted by atomic mass is 9.94. The van der Waals surface area contributed by atoms with Crippen LogP contribution < -0.4 is 0 Å². The molecule has 0 aromatic heterocycles. The first kappa shape index (κ1) is 14.6. The first-order chi connectivity index (χ1) is 8.08. The van der Waals surface area contributed by atoms with Gasteiger partial charge in [-0.1, -0.05) is 63.8 Å². The molecule has 0 nitrogen and oxygen atoms in total. The predicted octanol–water partition coefficient (Wildman–Crippen LogP) is 5.74. The van der Waals surface area contributed by atoms with E-state index in [0.29, 0.717) is 0 Å². The molecule has 0 heterocycles. The average molecular weight is 253 g/mol. The van der Waals surface area contributed by atoms with Crippen LogP contribution in [0, 0.1) is 11.8 Å². The molecule has 0 spiro atoms. The topological polar surface area (TPSA) is 0 Å². The van der Waals surface area contributed by atoms with Crippen LogP contribution in [-0.4, -0.2) is 0 Å². The monoisotopic (exact) mass is 252 g/mol. The van der Waals surface area contributed by atoms with Crippen LogP contribution in [0.3, 0.4) is 0 Å². The minimum absolute atomic E-state index is 0.832. The van der Waals surface area contributed by atoms with E-state index in [0.717, 1.165) is 16.9 Å². The molecule has 0 aliphatic rings. The smallest absolute Gasteiger partial charge is 0.0406 e. The summed E-state index contributed by atoms with van der Waals surface area (Å²) >= 11 is 5.87. The fourth-order valence-corrected chi connectivity index (χ4v) is 2.21. The number of halogens is 1. The van der Waals surface area contributed by atoms with Crippen molar-refractivity contribution in [3.63, 3.8) is 0 Å². The Kier molecular flexibility index (Phi) is 6.65. The van der Waals surface area contributed by atoms with E-state index >= 15 is 0 Å². The second-order valence-electron chi connectivity index (χ2n) is 5.60. The Morgan fingerprint density at radius 2 is 1.59 bits per heavy atom. The molecule has 0 aliphatic heterocycles. The zero-order valence-electron chi connectivity index (χ0n) is 11.4. The highest BCUT2D eigenvalue weighted by atomic mass is 35.5. The summed E-state index contributed by atoms with van der Waals surface area (Å²) in [5.41, 5.74) is 1.41. The fourth-order valence-electron chi connectivity index (χ4n) is 2.08. The normalized spacial score (nSPS) is 13.0. The van der Waals surface area contributed by atoms with Crippen molar-refractivity contribution in [2.45, 2.75) is 52.9 Å². The van der Waals surface area contributed by atoms with Gasteiger partial charge in [0.2, 0.25) is 0 Å². The summed E-state index contributed by atoms with van der Waals surface area (Å²) in [7, 11) is 0. The van der Waals surface area contributed by atoms with E-state index in [2.05, 4.69) is 32.9 Å². The van der Waals surface area contributed by atoms with Gasteiger partial charge in [-0.25, -0.2) is 0 Å². The first-order valence-electron chi connectivity index (χ1n) is 6.82. The molecule has 1 aromatic rings. The lowest BCUT2D eigenvalue weighted by Crippen LogP contribution is -1.99. The Bertz CT molecular complexity index is 300. The van der Waals surface area contributed by atoms with Crippen molar-refractivity contribution in [3.05, 3.63) is 34.9 Å². The zero-order valence-corrected chi connectivity index (χ0v) is 12.1. The van der Waals surface area contributed by atoms with E-state index in [1.165, 1.54) is 37.7 Å². The third-order valence-corrected chi connectivity index (χ3v) is 3.57. The molecule has 0 saturated heterocycles. The number of benzene rings is 1. The molecule has 0 saturated carbocycles. The van der Waals surface area contributed by atoms with Gasteiger partial charge < -0.3 is 0 Å². The maximum atomic E-state index is 5.87. The lowest BCUT2D eigenvalue weighted by Gasteiger charge is -2.12. The van der Waals surface area contributed by atoms with Gasteiger partial charge in [-0.15, -0.1) is 0 Å². The van der Waals surface area contributed by atoms with Crippen molar-refractivity contribution < 1.29 is 0 Å². The van der Waals surface area contributed by atoms with E-state index in [1.54, 1.807) is 0 Å². The van der Waals surface area contributed by atoms with Gasteiger partial charge in [0.25, 0.3) is 0 Å².